The molecule has 0 saturated heterocycles. The summed E-state index contributed by atoms with van der Waals surface area (Å²) in [5.41, 5.74) is 0. The van der Waals surface area contributed by atoms with Gasteiger partial charge in [-0.2, -0.15) is 0 Å². The Bertz CT molecular complexity index is 27.2. The molecule has 0 aliphatic rings. The van der Waals surface area contributed by atoms with Crippen molar-refractivity contribution in [3.05, 3.63) is 0 Å². The van der Waals surface area contributed by atoms with Gasteiger partial charge < -0.3 is 19.2 Å². The van der Waals surface area contributed by atoms with Crippen LogP contribution in [0.3, 0.4) is 0 Å². The predicted molar refractivity (Wildman–Crippen MR) is 26.1 cm³/mol. The Labute approximate surface area is 95.1 Å². The molecule has 0 aliphatic heterocycles. The van der Waals surface area contributed by atoms with Gasteiger partial charge >= 0.3 is 9.05 Å². The van der Waals surface area contributed by atoms with Crippen LogP contribution in [0.1, 0.15) is 0 Å². The van der Waals surface area contributed by atoms with Gasteiger partial charge in [0.1, 0.15) is 0 Å². The van der Waals surface area contributed by atoms with Crippen molar-refractivity contribution in [2.24, 2.45) is 0 Å². The molecule has 0 heterocycles. The van der Waals surface area contributed by atoms with E-state index in [2.05, 4.69) is 0 Å². The molecule has 7 heavy (non-hydrogen) atoms. The van der Waals surface area contributed by atoms with Crippen LogP contribution in [0.2, 0.25) is 0 Å². The van der Waals surface area contributed by atoms with Crippen molar-refractivity contribution in [2.45, 2.75) is 0 Å². The van der Waals surface area contributed by atoms with Crippen LogP contribution in [0.25, 0.3) is 0 Å². The van der Waals surface area contributed by atoms with Crippen molar-refractivity contribution >= 4 is 77.6 Å². The Balaban J connectivity index is -0.0000000800. The molecule has 0 saturated carbocycles. The van der Waals surface area contributed by atoms with Crippen LogP contribution in [0.5, 0.6) is 0 Å². The largest absolute Gasteiger partial charge is 0.668 e. The van der Waals surface area contributed by atoms with Gasteiger partial charge in [0.05, 0.1) is 0 Å². The van der Waals surface area contributed by atoms with Crippen molar-refractivity contribution in [3.8, 4) is 0 Å². The fourth-order valence-corrected chi connectivity index (χ4v) is 0. The molecule has 0 rings (SSSR count). The summed E-state index contributed by atoms with van der Waals surface area (Å²) in [4.78, 5) is 29.3. The van der Waals surface area contributed by atoms with Gasteiger partial charge in [0.15, 0.2) is 0 Å². The van der Waals surface area contributed by atoms with E-state index >= 15 is 0 Å². The average Bonchev–Trinajstić information content (AvgIpc) is 0.722. The van der Waals surface area contributed by atoms with E-state index in [9.17, 15) is 0 Å². The molecule has 36 valence electrons. The molecule has 0 amide bonds. The standard InChI is InChI=1S/Mg.H4O4Si.Sr/c;1-5(2,3)4;/h;1-4H;. The summed E-state index contributed by atoms with van der Waals surface area (Å²) in [5, 5.41) is 0. The maximum atomic E-state index is 7.33. The second-order valence-electron chi connectivity index (χ2n) is 0.600. The fourth-order valence-electron chi connectivity index (χ4n) is 0. The molecule has 0 aromatic rings. The summed E-state index contributed by atoms with van der Waals surface area (Å²) in [6, 6.07) is 0. The Kier molecular flexibility index (Phi) is 14.8. The van der Waals surface area contributed by atoms with E-state index in [0.29, 0.717) is 0 Å². The maximum Gasteiger partial charge on any atom is 0.668 e. The summed E-state index contributed by atoms with van der Waals surface area (Å²) < 4.78 is 0. The van der Waals surface area contributed by atoms with Gasteiger partial charge in [-0.25, -0.2) is 0 Å². The molecule has 0 fully saturated rings. The zero-order chi connectivity index (χ0) is 4.50. The van der Waals surface area contributed by atoms with E-state index < -0.39 is 9.05 Å². The first kappa shape index (κ1) is 16.1. The molecule has 4 nitrogen and oxygen atoms in total. The number of hydrogen-bond acceptors (Lipinski definition) is 4. The minimum absolute atomic E-state index is 0. The SMILES string of the molecule is O[Si](O)(O)O.[Mg].[Sr]. The van der Waals surface area contributed by atoms with Crippen molar-refractivity contribution in [1.82, 2.24) is 0 Å². The van der Waals surface area contributed by atoms with Gasteiger partial charge in [0.25, 0.3) is 0 Å². The minimum atomic E-state index is -4.61. The first-order chi connectivity index (χ1) is 2.00. The summed E-state index contributed by atoms with van der Waals surface area (Å²) >= 11 is 0. The molecule has 0 bridgehead atoms. The quantitative estimate of drug-likeness (QED) is 0.313. The third-order valence-corrected chi connectivity index (χ3v) is 0. The topological polar surface area (TPSA) is 80.9 Å². The predicted octanol–water partition coefficient (Wildman–Crippen LogP) is -3.37. The van der Waals surface area contributed by atoms with E-state index in [-0.39, 0.29) is 68.5 Å². The van der Waals surface area contributed by atoms with Crippen LogP contribution in [-0.2, 0) is 0 Å². The van der Waals surface area contributed by atoms with E-state index in [1.54, 1.807) is 0 Å². The first-order valence-corrected chi connectivity index (χ1v) is 2.68. The molecule has 0 aromatic carbocycles. The first-order valence-electron chi connectivity index (χ1n) is 0.894. The average molecular weight is 208 g/mol. The Morgan fingerprint density at radius 1 is 0.857 bits per heavy atom. The van der Waals surface area contributed by atoms with Gasteiger partial charge in [-0.3, -0.25) is 0 Å². The van der Waals surface area contributed by atoms with E-state index in [1.165, 1.54) is 0 Å². The molecule has 4 radical (unpaired) electrons. The van der Waals surface area contributed by atoms with Gasteiger partial charge in [0, 0.05) is 68.5 Å². The number of rotatable bonds is 0. The monoisotopic (exact) mass is 208 g/mol. The molecular formula is H4MgO4SiSr. The van der Waals surface area contributed by atoms with Crippen LogP contribution < -0.4 is 0 Å². The smallest absolute Gasteiger partial charge is 0.368 e. The van der Waals surface area contributed by atoms with Crippen LogP contribution in [-0.4, -0.2) is 96.8 Å². The molecule has 0 unspecified atom stereocenters. The van der Waals surface area contributed by atoms with Gasteiger partial charge in [-0.1, -0.05) is 0 Å². The summed E-state index contributed by atoms with van der Waals surface area (Å²) in [6.45, 7) is 0. The summed E-state index contributed by atoms with van der Waals surface area (Å²) in [6.07, 6.45) is 0. The van der Waals surface area contributed by atoms with Crippen LogP contribution in [0.15, 0.2) is 0 Å². The Hall–Kier alpha value is 2.30. The molecule has 0 aliphatic carbocycles. The normalized spacial score (nSPS) is 8.57. The molecule has 0 atom stereocenters. The van der Waals surface area contributed by atoms with E-state index in [0.717, 1.165) is 0 Å². The number of hydrogen-bond donors (Lipinski definition) is 4. The van der Waals surface area contributed by atoms with Gasteiger partial charge in [-0.05, 0) is 0 Å². The molecule has 0 aromatic heterocycles. The third kappa shape index (κ3) is 62.2. The van der Waals surface area contributed by atoms with E-state index in [1.807, 2.05) is 0 Å². The third-order valence-electron chi connectivity index (χ3n) is 0. The summed E-state index contributed by atoms with van der Waals surface area (Å²) in [7, 11) is -4.61. The van der Waals surface area contributed by atoms with Crippen molar-refractivity contribution in [3.63, 3.8) is 0 Å². The minimum Gasteiger partial charge on any atom is -0.368 e. The maximum absolute atomic E-state index is 7.33. The van der Waals surface area contributed by atoms with Crippen molar-refractivity contribution in [2.75, 3.05) is 0 Å². The molecule has 4 N–H and O–H groups in total. The molecular weight excluding hydrogens is 204 g/mol. The molecule has 7 heteroatoms. The van der Waals surface area contributed by atoms with Crippen LogP contribution >= 0.6 is 0 Å². The Morgan fingerprint density at radius 2 is 0.857 bits per heavy atom. The van der Waals surface area contributed by atoms with Gasteiger partial charge in [0.2, 0.25) is 0 Å². The van der Waals surface area contributed by atoms with Crippen molar-refractivity contribution in [1.29, 1.82) is 0 Å². The van der Waals surface area contributed by atoms with Crippen LogP contribution in [0.4, 0.5) is 0 Å². The zero-order valence-electron chi connectivity index (χ0n) is 3.70. The van der Waals surface area contributed by atoms with Crippen LogP contribution in [0, 0.1) is 0 Å². The van der Waals surface area contributed by atoms with E-state index in [4.69, 9.17) is 19.2 Å². The second kappa shape index (κ2) is 6.42. The Morgan fingerprint density at radius 3 is 0.857 bits per heavy atom. The zero-order valence-corrected chi connectivity index (χ0v) is 9.59. The molecule has 0 spiro atoms. The fraction of sp³-hybridized carbons (Fsp3) is 0. The van der Waals surface area contributed by atoms with Gasteiger partial charge in [-0.15, -0.1) is 0 Å². The van der Waals surface area contributed by atoms with Crippen molar-refractivity contribution < 1.29 is 19.2 Å². The second-order valence-corrected chi connectivity index (χ2v) is 1.80. The summed E-state index contributed by atoms with van der Waals surface area (Å²) in [5.74, 6) is 0.